The number of carbonyl (C=O) groups is 1. The average molecular weight is 393 g/mol. The predicted molar refractivity (Wildman–Crippen MR) is 116 cm³/mol. The van der Waals surface area contributed by atoms with E-state index >= 15 is 0 Å². The molecule has 0 aliphatic carbocycles. The van der Waals surface area contributed by atoms with Gasteiger partial charge in [-0.2, -0.15) is 0 Å². The standard InChI is InChI=1S/C23H31O3P.Li/c1-13(2)25-19-9-10-21(20(12-19)26-14(3)4)27-23(24)22-16(6)11-15(5)17(7)18(22)8;/h9-14,27H,1-8H3;/q;+1. The van der Waals surface area contributed by atoms with Gasteiger partial charge in [-0.1, -0.05) is 6.07 Å². The van der Waals surface area contributed by atoms with E-state index in [0.29, 0.717) is 0 Å². The molecule has 0 spiro atoms. The van der Waals surface area contributed by atoms with E-state index in [1.165, 1.54) is 11.1 Å². The molecule has 5 heteroatoms. The summed E-state index contributed by atoms with van der Waals surface area (Å²) in [5, 5.41) is 0.918. The SMILES string of the molecule is Cc1cc(C)c(C(=O)Pc2ccc(OC(C)C)cc2OC(C)C)c(C)c1C.[Li+]. The van der Waals surface area contributed by atoms with Crippen molar-refractivity contribution in [3.63, 3.8) is 0 Å². The third-order valence-electron chi connectivity index (χ3n) is 4.52. The summed E-state index contributed by atoms with van der Waals surface area (Å²) < 4.78 is 11.8. The summed E-state index contributed by atoms with van der Waals surface area (Å²) in [6, 6.07) is 7.88. The molecule has 0 saturated heterocycles. The van der Waals surface area contributed by atoms with Crippen molar-refractivity contribution in [3.8, 4) is 11.5 Å². The molecule has 0 heterocycles. The summed E-state index contributed by atoms with van der Waals surface area (Å²) in [5.41, 5.74) is 5.53. The van der Waals surface area contributed by atoms with E-state index in [1.54, 1.807) is 0 Å². The second-order valence-electron chi connectivity index (χ2n) is 7.58. The number of hydrogen-bond acceptors (Lipinski definition) is 3. The summed E-state index contributed by atoms with van der Waals surface area (Å²) >= 11 is 0. The molecule has 2 aromatic rings. The Morgan fingerprint density at radius 3 is 2.04 bits per heavy atom. The Bertz CT molecular complexity index is 844. The third kappa shape index (κ3) is 6.12. The molecule has 0 radical (unpaired) electrons. The Kier molecular flexibility index (Phi) is 9.29. The smallest absolute Gasteiger partial charge is 0.491 e. The van der Waals surface area contributed by atoms with Gasteiger partial charge >= 0.3 is 18.9 Å². The predicted octanol–water partition coefficient (Wildman–Crippen LogP) is 2.64. The molecule has 0 aliphatic heterocycles. The molecule has 0 aliphatic rings. The molecule has 3 nitrogen and oxygen atoms in total. The van der Waals surface area contributed by atoms with E-state index in [-0.39, 0.29) is 45.2 Å². The number of carbonyl (C=O) groups excluding carboxylic acids is 1. The molecule has 1 atom stereocenters. The number of aryl methyl sites for hydroxylation is 2. The molecular formula is C23H31LiO3P+. The molecule has 2 aromatic carbocycles. The first-order valence-corrected chi connectivity index (χ1v) is 10.5. The maximum Gasteiger partial charge on any atom is 1.00 e. The monoisotopic (exact) mass is 393 g/mol. The van der Waals surface area contributed by atoms with Crippen LogP contribution in [0.3, 0.4) is 0 Å². The first-order valence-electron chi connectivity index (χ1n) is 9.46. The molecule has 0 N–H and O–H groups in total. The van der Waals surface area contributed by atoms with E-state index in [0.717, 1.165) is 33.5 Å². The minimum absolute atomic E-state index is 0. The van der Waals surface area contributed by atoms with Crippen molar-refractivity contribution in [1.82, 2.24) is 0 Å². The Balaban J connectivity index is 0.00000392. The normalized spacial score (nSPS) is 11.2. The van der Waals surface area contributed by atoms with Crippen LogP contribution in [-0.4, -0.2) is 17.7 Å². The van der Waals surface area contributed by atoms with Gasteiger partial charge in [0.05, 0.1) is 12.2 Å². The van der Waals surface area contributed by atoms with Gasteiger partial charge in [0.1, 0.15) is 11.5 Å². The van der Waals surface area contributed by atoms with Gasteiger partial charge in [0, 0.05) is 16.9 Å². The second-order valence-corrected chi connectivity index (χ2v) is 8.82. The van der Waals surface area contributed by atoms with Crippen molar-refractivity contribution in [1.29, 1.82) is 0 Å². The Morgan fingerprint density at radius 1 is 0.857 bits per heavy atom. The summed E-state index contributed by atoms with van der Waals surface area (Å²) in [6.45, 7) is 16.2. The maximum absolute atomic E-state index is 13.1. The largest absolute Gasteiger partial charge is 1.00 e. The first kappa shape index (κ1) is 24.8. The quantitative estimate of drug-likeness (QED) is 0.536. The minimum atomic E-state index is 0. The number of rotatable bonds is 7. The van der Waals surface area contributed by atoms with Gasteiger partial charge < -0.3 is 9.47 Å². The maximum atomic E-state index is 13.1. The van der Waals surface area contributed by atoms with Crippen molar-refractivity contribution < 1.29 is 33.1 Å². The van der Waals surface area contributed by atoms with E-state index in [4.69, 9.17) is 9.47 Å². The van der Waals surface area contributed by atoms with E-state index < -0.39 is 0 Å². The van der Waals surface area contributed by atoms with Crippen molar-refractivity contribution in [2.75, 3.05) is 0 Å². The van der Waals surface area contributed by atoms with Crippen LogP contribution in [0, 0.1) is 27.7 Å². The topological polar surface area (TPSA) is 35.5 Å². The summed E-state index contributed by atoms with van der Waals surface area (Å²) in [5.74, 6) is 1.49. The van der Waals surface area contributed by atoms with Gasteiger partial charge in [0.15, 0.2) is 5.52 Å². The molecular weight excluding hydrogens is 362 g/mol. The van der Waals surface area contributed by atoms with Crippen molar-refractivity contribution >= 4 is 19.4 Å². The Morgan fingerprint density at radius 2 is 1.46 bits per heavy atom. The molecule has 1 unspecified atom stereocenters. The molecule has 2 rings (SSSR count). The van der Waals surface area contributed by atoms with Crippen LogP contribution >= 0.6 is 8.58 Å². The van der Waals surface area contributed by atoms with Crippen molar-refractivity contribution in [3.05, 3.63) is 52.1 Å². The zero-order valence-corrected chi connectivity index (χ0v) is 19.7. The fourth-order valence-electron chi connectivity index (χ4n) is 3.12. The first-order chi connectivity index (χ1) is 12.6. The van der Waals surface area contributed by atoms with E-state index in [9.17, 15) is 4.79 Å². The molecule has 146 valence electrons. The van der Waals surface area contributed by atoms with Gasteiger partial charge in [0.25, 0.3) is 0 Å². The van der Waals surface area contributed by atoms with Crippen molar-refractivity contribution in [2.24, 2.45) is 0 Å². The Hall–Kier alpha value is -1.26. The van der Waals surface area contributed by atoms with Gasteiger partial charge in [0.2, 0.25) is 0 Å². The summed E-state index contributed by atoms with van der Waals surface area (Å²) in [4.78, 5) is 13.1. The molecule has 0 aromatic heterocycles. The van der Waals surface area contributed by atoms with Crippen LogP contribution in [0.15, 0.2) is 24.3 Å². The van der Waals surface area contributed by atoms with Crippen LogP contribution < -0.4 is 33.6 Å². The van der Waals surface area contributed by atoms with E-state index in [2.05, 4.69) is 19.9 Å². The van der Waals surface area contributed by atoms with Gasteiger partial charge in [-0.25, -0.2) is 0 Å². The van der Waals surface area contributed by atoms with Gasteiger partial charge in [-0.05, 0) is 98.4 Å². The van der Waals surface area contributed by atoms with Crippen LogP contribution in [0.4, 0.5) is 0 Å². The fourth-order valence-corrected chi connectivity index (χ4v) is 4.30. The van der Waals surface area contributed by atoms with Crippen LogP contribution in [0.1, 0.15) is 60.3 Å². The van der Waals surface area contributed by atoms with Crippen LogP contribution in [0.5, 0.6) is 11.5 Å². The van der Waals surface area contributed by atoms with Crippen LogP contribution in [-0.2, 0) is 0 Å². The van der Waals surface area contributed by atoms with Crippen LogP contribution in [0.2, 0.25) is 0 Å². The fraction of sp³-hybridized carbons (Fsp3) is 0.435. The Labute approximate surface area is 183 Å². The minimum Gasteiger partial charge on any atom is -0.491 e. The van der Waals surface area contributed by atoms with Crippen LogP contribution in [0.25, 0.3) is 0 Å². The van der Waals surface area contributed by atoms with Crippen molar-refractivity contribution in [2.45, 2.75) is 67.6 Å². The average Bonchev–Trinajstić information content (AvgIpc) is 2.54. The molecule has 0 saturated carbocycles. The van der Waals surface area contributed by atoms with Gasteiger partial charge in [-0.3, -0.25) is 4.79 Å². The van der Waals surface area contributed by atoms with E-state index in [1.807, 2.05) is 59.7 Å². The third-order valence-corrected chi connectivity index (χ3v) is 5.68. The molecule has 0 fully saturated rings. The summed E-state index contributed by atoms with van der Waals surface area (Å²) in [6.07, 6.45) is 0.121. The zero-order valence-electron chi connectivity index (χ0n) is 18.7. The summed E-state index contributed by atoms with van der Waals surface area (Å²) in [7, 11) is 0.0128. The zero-order chi connectivity index (χ0) is 20.3. The molecule has 0 amide bonds. The molecule has 0 bridgehead atoms. The van der Waals surface area contributed by atoms with Gasteiger partial charge in [-0.15, -0.1) is 0 Å². The number of benzene rings is 2. The number of ether oxygens (including phenoxy) is 2. The second kappa shape index (κ2) is 10.5. The number of hydrogen-bond donors (Lipinski definition) is 0. The molecule has 28 heavy (non-hydrogen) atoms.